The maximum atomic E-state index is 14.0. The predicted molar refractivity (Wildman–Crippen MR) is 96.9 cm³/mol. The third kappa shape index (κ3) is 3.10. The Morgan fingerprint density at radius 1 is 1.25 bits per heavy atom. The van der Waals surface area contributed by atoms with Gasteiger partial charge >= 0.3 is 6.01 Å². The number of ether oxygens (including phenoxy) is 2. The Morgan fingerprint density at radius 2 is 2.07 bits per heavy atom. The van der Waals surface area contributed by atoms with E-state index in [4.69, 9.17) is 9.47 Å². The lowest BCUT2D eigenvalue weighted by Crippen LogP contribution is -2.35. The molecule has 0 amide bonds. The van der Waals surface area contributed by atoms with Crippen LogP contribution in [0.1, 0.15) is 24.0 Å². The maximum Gasteiger partial charge on any atom is 0.319 e. The van der Waals surface area contributed by atoms with Crippen LogP contribution in [0.15, 0.2) is 24.4 Å². The Kier molecular flexibility index (Phi) is 4.93. The summed E-state index contributed by atoms with van der Waals surface area (Å²) in [5.74, 6) is -1.15. The van der Waals surface area contributed by atoms with Crippen LogP contribution in [0.2, 0.25) is 0 Å². The van der Waals surface area contributed by atoms with Gasteiger partial charge in [-0.3, -0.25) is 4.90 Å². The number of hydrogen-bond acceptors (Lipinski definition) is 6. The standard InChI is InChI=1S/C20H23F2N3O3/c1-27-18-14(8-23-19(24-18)28-2)20(26)7-6-12-9-25(11-15(12)20)10-13-4-3-5-16(21)17(13)22/h3-5,8,12,15,26H,6-7,9-11H2,1-2H3/t12-,15+,20+/m0/s1. The lowest BCUT2D eigenvalue weighted by Gasteiger charge is -2.31. The Balaban J connectivity index is 1.57. The number of fused-ring (bicyclic) bond motifs is 1. The first-order valence-corrected chi connectivity index (χ1v) is 9.29. The SMILES string of the molecule is COc1ncc([C@]2(O)CC[C@H]3CN(Cc4cccc(F)c4F)C[C@H]32)c(OC)n1. The molecule has 1 aliphatic carbocycles. The molecule has 0 spiro atoms. The lowest BCUT2D eigenvalue weighted by atomic mass is 9.83. The van der Waals surface area contributed by atoms with E-state index in [1.54, 1.807) is 12.3 Å². The molecule has 2 fully saturated rings. The van der Waals surface area contributed by atoms with Crippen LogP contribution < -0.4 is 9.47 Å². The third-order valence-corrected chi connectivity index (χ3v) is 6.03. The van der Waals surface area contributed by atoms with Crippen molar-refractivity contribution in [2.45, 2.75) is 25.0 Å². The van der Waals surface area contributed by atoms with E-state index in [1.807, 2.05) is 0 Å². The van der Waals surface area contributed by atoms with E-state index in [2.05, 4.69) is 14.9 Å². The molecule has 0 radical (unpaired) electrons. The van der Waals surface area contributed by atoms with E-state index in [1.165, 1.54) is 20.3 Å². The van der Waals surface area contributed by atoms with Crippen molar-refractivity contribution in [1.29, 1.82) is 0 Å². The van der Waals surface area contributed by atoms with Gasteiger partial charge in [-0.15, -0.1) is 0 Å². The predicted octanol–water partition coefficient (Wildman–Crippen LogP) is 2.50. The van der Waals surface area contributed by atoms with Crippen LogP contribution in [-0.4, -0.2) is 47.3 Å². The van der Waals surface area contributed by atoms with Crippen molar-refractivity contribution >= 4 is 0 Å². The summed E-state index contributed by atoms with van der Waals surface area (Å²) < 4.78 is 37.9. The minimum Gasteiger partial charge on any atom is -0.481 e. The molecule has 1 N–H and O–H groups in total. The summed E-state index contributed by atoms with van der Waals surface area (Å²) in [6, 6.07) is 4.40. The highest BCUT2D eigenvalue weighted by atomic mass is 19.2. The van der Waals surface area contributed by atoms with E-state index < -0.39 is 17.2 Å². The van der Waals surface area contributed by atoms with Gasteiger partial charge in [-0.25, -0.2) is 13.8 Å². The topological polar surface area (TPSA) is 67.7 Å². The number of aliphatic hydroxyl groups is 1. The molecule has 1 saturated carbocycles. The molecule has 4 rings (SSSR count). The van der Waals surface area contributed by atoms with Crippen LogP contribution in [0, 0.1) is 23.5 Å². The molecule has 150 valence electrons. The summed E-state index contributed by atoms with van der Waals surface area (Å²) >= 11 is 0. The number of halogens is 2. The van der Waals surface area contributed by atoms with Gasteiger partial charge in [-0.2, -0.15) is 4.98 Å². The molecule has 1 aromatic carbocycles. The van der Waals surface area contributed by atoms with Gasteiger partial charge in [0.2, 0.25) is 5.88 Å². The van der Waals surface area contributed by atoms with Crippen LogP contribution in [0.4, 0.5) is 8.78 Å². The Morgan fingerprint density at radius 3 is 2.82 bits per heavy atom. The van der Waals surface area contributed by atoms with Gasteiger partial charge in [0.25, 0.3) is 0 Å². The van der Waals surface area contributed by atoms with Crippen molar-refractivity contribution in [1.82, 2.24) is 14.9 Å². The minimum atomic E-state index is -1.13. The Bertz CT molecular complexity index is 882. The minimum absolute atomic E-state index is 0.0602. The molecule has 6 nitrogen and oxygen atoms in total. The molecule has 1 saturated heterocycles. The Labute approximate surface area is 162 Å². The molecule has 1 aliphatic heterocycles. The maximum absolute atomic E-state index is 14.0. The van der Waals surface area contributed by atoms with Crippen molar-refractivity contribution in [2.75, 3.05) is 27.3 Å². The normalized spacial score (nSPS) is 27.0. The Hall–Kier alpha value is -2.32. The summed E-state index contributed by atoms with van der Waals surface area (Å²) in [6.07, 6.45) is 2.97. The first-order chi connectivity index (χ1) is 13.5. The van der Waals surface area contributed by atoms with Crippen LogP contribution in [0.5, 0.6) is 11.9 Å². The largest absolute Gasteiger partial charge is 0.481 e. The smallest absolute Gasteiger partial charge is 0.319 e. The molecule has 1 aromatic heterocycles. The quantitative estimate of drug-likeness (QED) is 0.845. The molecular formula is C20H23F2N3O3. The van der Waals surface area contributed by atoms with E-state index in [0.29, 0.717) is 36.5 Å². The molecule has 8 heteroatoms. The fourth-order valence-corrected chi connectivity index (χ4v) is 4.66. The second-order valence-corrected chi connectivity index (χ2v) is 7.52. The number of rotatable bonds is 5. The third-order valence-electron chi connectivity index (χ3n) is 6.03. The summed E-state index contributed by atoms with van der Waals surface area (Å²) in [6.45, 7) is 1.61. The molecule has 2 heterocycles. The van der Waals surface area contributed by atoms with Gasteiger partial charge in [-0.1, -0.05) is 12.1 Å². The van der Waals surface area contributed by atoms with Crippen molar-refractivity contribution in [3.63, 3.8) is 0 Å². The van der Waals surface area contributed by atoms with Gasteiger partial charge in [0.05, 0.1) is 19.8 Å². The molecule has 0 bridgehead atoms. The highest BCUT2D eigenvalue weighted by molar-refractivity contribution is 5.34. The zero-order valence-corrected chi connectivity index (χ0v) is 15.9. The summed E-state index contributed by atoms with van der Waals surface area (Å²) in [5, 5.41) is 11.5. The zero-order valence-electron chi connectivity index (χ0n) is 15.9. The van der Waals surface area contributed by atoms with Crippen LogP contribution in [0.25, 0.3) is 0 Å². The number of aromatic nitrogens is 2. The van der Waals surface area contributed by atoms with E-state index in [-0.39, 0.29) is 17.8 Å². The van der Waals surface area contributed by atoms with Gasteiger partial charge in [-0.05, 0) is 24.8 Å². The average Bonchev–Trinajstić information content (AvgIpc) is 3.25. The summed E-state index contributed by atoms with van der Waals surface area (Å²) in [4.78, 5) is 10.4. The first kappa shape index (κ1) is 19.0. The molecule has 0 unspecified atom stereocenters. The highest BCUT2D eigenvalue weighted by Gasteiger charge is 2.53. The molecule has 2 aliphatic rings. The fraction of sp³-hybridized carbons (Fsp3) is 0.500. The van der Waals surface area contributed by atoms with Crippen molar-refractivity contribution in [3.05, 3.63) is 47.2 Å². The number of hydrogen-bond donors (Lipinski definition) is 1. The first-order valence-electron chi connectivity index (χ1n) is 9.29. The number of nitrogens with zero attached hydrogens (tertiary/aromatic N) is 3. The summed E-state index contributed by atoms with van der Waals surface area (Å²) in [7, 11) is 2.96. The van der Waals surface area contributed by atoms with Crippen LogP contribution >= 0.6 is 0 Å². The molecule has 2 aromatic rings. The zero-order chi connectivity index (χ0) is 19.9. The van der Waals surface area contributed by atoms with E-state index in [9.17, 15) is 13.9 Å². The van der Waals surface area contributed by atoms with Gasteiger partial charge in [0.15, 0.2) is 11.6 Å². The number of likely N-dealkylation sites (tertiary alicyclic amines) is 1. The van der Waals surface area contributed by atoms with Crippen LogP contribution in [0.3, 0.4) is 0 Å². The van der Waals surface area contributed by atoms with Gasteiger partial charge < -0.3 is 14.6 Å². The molecule has 28 heavy (non-hydrogen) atoms. The number of benzene rings is 1. The molecule has 3 atom stereocenters. The second kappa shape index (κ2) is 7.25. The van der Waals surface area contributed by atoms with E-state index >= 15 is 0 Å². The van der Waals surface area contributed by atoms with Gasteiger partial charge in [0, 0.05) is 37.3 Å². The lowest BCUT2D eigenvalue weighted by molar-refractivity contribution is -0.00975. The van der Waals surface area contributed by atoms with Crippen molar-refractivity contribution in [2.24, 2.45) is 11.8 Å². The van der Waals surface area contributed by atoms with Crippen LogP contribution in [-0.2, 0) is 12.1 Å². The fourth-order valence-electron chi connectivity index (χ4n) is 4.66. The van der Waals surface area contributed by atoms with Gasteiger partial charge in [0.1, 0.15) is 5.60 Å². The monoisotopic (exact) mass is 391 g/mol. The van der Waals surface area contributed by atoms with Crippen molar-refractivity contribution < 1.29 is 23.4 Å². The van der Waals surface area contributed by atoms with E-state index in [0.717, 1.165) is 19.0 Å². The molecular weight excluding hydrogens is 368 g/mol. The number of methoxy groups -OCH3 is 2. The average molecular weight is 391 g/mol. The second-order valence-electron chi connectivity index (χ2n) is 7.52. The summed E-state index contributed by atoms with van der Waals surface area (Å²) in [5.41, 5.74) is -0.256. The van der Waals surface area contributed by atoms with Crippen molar-refractivity contribution in [3.8, 4) is 11.9 Å². The highest BCUT2D eigenvalue weighted by Crippen LogP contribution is 2.52.